The van der Waals surface area contributed by atoms with Gasteiger partial charge in [-0.3, -0.25) is 10.1 Å². The fourth-order valence-electron chi connectivity index (χ4n) is 2.71. The highest BCUT2D eigenvalue weighted by Crippen LogP contribution is 2.31. The fraction of sp³-hybridized carbons (Fsp3) is 0.190. The average molecular weight is 461 g/mol. The van der Waals surface area contributed by atoms with Gasteiger partial charge in [0.25, 0.3) is 5.69 Å². The number of hydrogen-bond donors (Lipinski definition) is 0. The Labute approximate surface area is 187 Å². The van der Waals surface area contributed by atoms with E-state index in [1.807, 2.05) is 0 Å². The summed E-state index contributed by atoms with van der Waals surface area (Å²) in [5.74, 6) is -0.678. The van der Waals surface area contributed by atoms with Crippen LogP contribution in [0.25, 0.3) is 6.08 Å². The highest BCUT2D eigenvalue weighted by Gasteiger charge is 2.26. The van der Waals surface area contributed by atoms with Crippen LogP contribution in [0.2, 0.25) is 5.02 Å². The van der Waals surface area contributed by atoms with Crippen LogP contribution in [0, 0.1) is 10.1 Å². The number of halogens is 1. The van der Waals surface area contributed by atoms with E-state index < -0.39 is 16.9 Å². The third-order valence-electron chi connectivity index (χ3n) is 4.15. The maximum atomic E-state index is 12.2. The third-order valence-corrected chi connectivity index (χ3v) is 4.47. The lowest BCUT2D eigenvalue weighted by Crippen LogP contribution is -2.14. The Kier molecular flexibility index (Phi) is 7.06. The fourth-order valence-corrected chi connectivity index (χ4v) is 2.90. The summed E-state index contributed by atoms with van der Waals surface area (Å²) in [6, 6.07) is 8.75. The molecule has 0 bridgehead atoms. The zero-order valence-electron chi connectivity index (χ0n) is 17.0. The first-order valence-electron chi connectivity index (χ1n) is 9.25. The molecular weight excluding hydrogens is 444 g/mol. The molecule has 11 heteroatoms. The van der Waals surface area contributed by atoms with E-state index in [2.05, 4.69) is 4.99 Å². The molecule has 10 nitrogen and oxygen atoms in total. The molecule has 0 N–H and O–H groups in total. The van der Waals surface area contributed by atoms with Gasteiger partial charge >= 0.3 is 11.9 Å². The van der Waals surface area contributed by atoms with Gasteiger partial charge in [0, 0.05) is 11.6 Å². The van der Waals surface area contributed by atoms with Gasteiger partial charge in [0.15, 0.2) is 23.8 Å². The van der Waals surface area contributed by atoms with Crippen molar-refractivity contribution in [1.29, 1.82) is 0 Å². The monoisotopic (exact) mass is 460 g/mol. The van der Waals surface area contributed by atoms with Gasteiger partial charge in [-0.2, -0.15) is 0 Å². The number of aliphatic imine (C=N–C) groups is 1. The maximum absolute atomic E-state index is 12.2. The Hall–Kier alpha value is -3.92. The number of rotatable bonds is 8. The summed E-state index contributed by atoms with van der Waals surface area (Å²) in [5, 5.41) is 11.0. The Morgan fingerprint density at radius 2 is 2.03 bits per heavy atom. The molecule has 0 unspecified atom stereocenters. The zero-order valence-corrected chi connectivity index (χ0v) is 17.7. The standard InChI is InChI=1S/C21H17ClN2O8/c1-3-30-19(25)11-31-17-7-4-12(9-18(17)29-2)8-15-21(26)32-20(23-15)13-5-6-14(22)16(10-13)24(27)28/h4-10H,3,11H2,1-2H3/b15-8-. The molecule has 166 valence electrons. The molecule has 2 aromatic carbocycles. The molecule has 1 heterocycles. The SMILES string of the molecule is CCOC(=O)COc1ccc(/C=C2\N=C(c3ccc(Cl)c([N+](=O)[O-])c3)OC2=O)cc1OC. The molecule has 0 aliphatic carbocycles. The second-order valence-electron chi connectivity index (χ2n) is 6.26. The van der Waals surface area contributed by atoms with Crippen molar-refractivity contribution in [2.45, 2.75) is 6.92 Å². The lowest BCUT2D eigenvalue weighted by atomic mass is 10.1. The molecule has 0 saturated carbocycles. The molecule has 1 aliphatic heterocycles. The molecule has 1 aliphatic rings. The maximum Gasteiger partial charge on any atom is 0.363 e. The number of nitro benzene ring substituents is 1. The van der Waals surface area contributed by atoms with Crippen molar-refractivity contribution in [3.63, 3.8) is 0 Å². The lowest BCUT2D eigenvalue weighted by Gasteiger charge is -2.10. The lowest BCUT2D eigenvalue weighted by molar-refractivity contribution is -0.384. The smallest absolute Gasteiger partial charge is 0.363 e. The van der Waals surface area contributed by atoms with Gasteiger partial charge in [-0.15, -0.1) is 0 Å². The summed E-state index contributed by atoms with van der Waals surface area (Å²) >= 11 is 5.81. The highest BCUT2D eigenvalue weighted by molar-refractivity contribution is 6.32. The van der Waals surface area contributed by atoms with Crippen molar-refractivity contribution >= 4 is 41.2 Å². The minimum atomic E-state index is -0.723. The molecular formula is C21H17ClN2O8. The van der Waals surface area contributed by atoms with Crippen LogP contribution in [0.5, 0.6) is 11.5 Å². The van der Waals surface area contributed by atoms with Gasteiger partial charge in [-0.25, -0.2) is 14.6 Å². The zero-order chi connectivity index (χ0) is 23.3. The summed E-state index contributed by atoms with van der Waals surface area (Å²) in [6.07, 6.45) is 1.46. The van der Waals surface area contributed by atoms with Crippen LogP contribution in [0.3, 0.4) is 0 Å². The van der Waals surface area contributed by atoms with Crippen LogP contribution < -0.4 is 9.47 Å². The average Bonchev–Trinajstić information content (AvgIpc) is 3.13. The van der Waals surface area contributed by atoms with Crippen LogP contribution in [0.15, 0.2) is 47.1 Å². The van der Waals surface area contributed by atoms with Crippen molar-refractivity contribution in [3.8, 4) is 11.5 Å². The first-order chi connectivity index (χ1) is 15.3. The van der Waals surface area contributed by atoms with Crippen molar-refractivity contribution in [2.75, 3.05) is 20.3 Å². The van der Waals surface area contributed by atoms with E-state index in [1.165, 1.54) is 31.4 Å². The number of carbonyl (C=O) groups excluding carboxylic acids is 2. The molecule has 3 rings (SSSR count). The Morgan fingerprint density at radius 3 is 2.72 bits per heavy atom. The van der Waals surface area contributed by atoms with Crippen LogP contribution in [-0.2, 0) is 19.1 Å². The van der Waals surface area contributed by atoms with Crippen LogP contribution in [-0.4, -0.2) is 43.1 Å². The van der Waals surface area contributed by atoms with Crippen molar-refractivity contribution < 1.29 is 33.5 Å². The molecule has 32 heavy (non-hydrogen) atoms. The van der Waals surface area contributed by atoms with Gasteiger partial charge in [0.05, 0.1) is 18.6 Å². The molecule has 0 atom stereocenters. The van der Waals surface area contributed by atoms with Gasteiger partial charge < -0.3 is 18.9 Å². The second-order valence-corrected chi connectivity index (χ2v) is 6.67. The van der Waals surface area contributed by atoms with Crippen LogP contribution >= 0.6 is 11.6 Å². The van der Waals surface area contributed by atoms with Crippen molar-refractivity contribution in [1.82, 2.24) is 0 Å². The molecule has 0 spiro atoms. The van der Waals surface area contributed by atoms with Crippen molar-refractivity contribution in [3.05, 3.63) is 68.4 Å². The number of carbonyl (C=O) groups is 2. The molecule has 2 aromatic rings. The van der Waals surface area contributed by atoms with E-state index >= 15 is 0 Å². The third kappa shape index (κ3) is 5.22. The largest absolute Gasteiger partial charge is 0.493 e. The summed E-state index contributed by atoms with van der Waals surface area (Å²) in [7, 11) is 1.43. The van der Waals surface area contributed by atoms with Crippen LogP contribution in [0.4, 0.5) is 5.69 Å². The summed E-state index contributed by atoms with van der Waals surface area (Å²) < 4.78 is 20.6. The number of nitro groups is 1. The number of hydrogen-bond acceptors (Lipinski definition) is 9. The number of cyclic esters (lactones) is 1. The summed E-state index contributed by atoms with van der Waals surface area (Å²) in [6.45, 7) is 1.66. The molecule has 0 saturated heterocycles. The molecule has 0 aromatic heterocycles. The van der Waals surface area contributed by atoms with Gasteiger partial charge in [0.1, 0.15) is 5.02 Å². The first-order valence-corrected chi connectivity index (χ1v) is 9.63. The molecule has 0 radical (unpaired) electrons. The summed E-state index contributed by atoms with van der Waals surface area (Å²) in [5.41, 5.74) is 0.436. The predicted octanol–water partition coefficient (Wildman–Crippen LogP) is 3.54. The highest BCUT2D eigenvalue weighted by atomic mass is 35.5. The quantitative estimate of drug-likeness (QED) is 0.253. The Bertz CT molecular complexity index is 1140. The van der Waals surface area contributed by atoms with Crippen molar-refractivity contribution in [2.24, 2.45) is 4.99 Å². The predicted molar refractivity (Wildman–Crippen MR) is 114 cm³/mol. The van der Waals surface area contributed by atoms with Gasteiger partial charge in [0.2, 0.25) is 5.90 Å². The number of benzene rings is 2. The van der Waals surface area contributed by atoms with Gasteiger partial charge in [-0.1, -0.05) is 17.7 Å². The Balaban J connectivity index is 1.84. The number of nitrogens with zero attached hydrogens (tertiary/aromatic N) is 2. The minimum absolute atomic E-state index is 0.0140. The van der Waals surface area contributed by atoms with Gasteiger partial charge in [-0.05, 0) is 42.8 Å². The first kappa shape index (κ1) is 22.8. The number of methoxy groups -OCH3 is 1. The molecule has 0 amide bonds. The van der Waals surface area contributed by atoms with E-state index in [0.29, 0.717) is 17.1 Å². The van der Waals surface area contributed by atoms with E-state index in [9.17, 15) is 19.7 Å². The Morgan fingerprint density at radius 1 is 1.25 bits per heavy atom. The summed E-state index contributed by atoms with van der Waals surface area (Å²) in [4.78, 5) is 38.3. The normalized spacial score (nSPS) is 14.0. The van der Waals surface area contributed by atoms with E-state index in [1.54, 1.807) is 25.1 Å². The minimum Gasteiger partial charge on any atom is -0.493 e. The van der Waals surface area contributed by atoms with E-state index in [4.69, 9.17) is 30.5 Å². The van der Waals surface area contributed by atoms with E-state index in [0.717, 1.165) is 0 Å². The molecule has 0 fully saturated rings. The second kappa shape index (κ2) is 9.92. The number of ether oxygens (including phenoxy) is 4. The topological polar surface area (TPSA) is 127 Å². The van der Waals surface area contributed by atoms with Crippen LogP contribution in [0.1, 0.15) is 18.1 Å². The number of esters is 2. The van der Waals surface area contributed by atoms with E-state index in [-0.39, 0.29) is 41.1 Å².